The smallest absolute Gasteiger partial charge is 0.188 e. The van der Waals surface area contributed by atoms with Crippen LogP contribution in [0.25, 0.3) is 0 Å². The molecule has 0 aliphatic rings. The molecule has 0 spiro atoms. The fourth-order valence-electron chi connectivity index (χ4n) is 2.27. The zero-order valence-corrected chi connectivity index (χ0v) is 11.9. The summed E-state index contributed by atoms with van der Waals surface area (Å²) in [6, 6.07) is 17.8. The van der Waals surface area contributed by atoms with Crippen LogP contribution in [0.2, 0.25) is 0 Å². The summed E-state index contributed by atoms with van der Waals surface area (Å²) in [6.45, 7) is 0.405. The lowest BCUT2D eigenvalue weighted by molar-refractivity contribution is 0.0903. The molecule has 104 valence electrons. The molecule has 0 bridgehead atoms. The summed E-state index contributed by atoms with van der Waals surface area (Å²) in [5.41, 5.74) is 2.96. The number of hydrogen-bond donors (Lipinski definition) is 1. The van der Waals surface area contributed by atoms with E-state index in [4.69, 9.17) is 5.11 Å². The lowest BCUT2D eigenvalue weighted by atomic mass is 10.1. The van der Waals surface area contributed by atoms with Gasteiger partial charge in [0.1, 0.15) is 18.8 Å². The Bertz CT molecular complexity index is 574. The molecule has 0 amide bonds. The minimum Gasteiger partial charge on any atom is -0.388 e. The van der Waals surface area contributed by atoms with Gasteiger partial charge in [-0.2, -0.15) is 0 Å². The van der Waals surface area contributed by atoms with Gasteiger partial charge in [-0.05, 0) is 12.1 Å². The Morgan fingerprint density at radius 1 is 1.00 bits per heavy atom. The number of carbonyl (C=O) groups excluding carboxylic acids is 1. The van der Waals surface area contributed by atoms with E-state index in [0.717, 1.165) is 16.6 Å². The van der Waals surface area contributed by atoms with Crippen molar-refractivity contribution in [1.29, 1.82) is 0 Å². The van der Waals surface area contributed by atoms with E-state index in [1.807, 2.05) is 30.3 Å². The highest BCUT2D eigenvalue weighted by Gasteiger charge is 2.19. The summed E-state index contributed by atoms with van der Waals surface area (Å²) in [6.07, 6.45) is 0. The van der Waals surface area contributed by atoms with Crippen molar-refractivity contribution in [2.45, 2.75) is 6.54 Å². The molecule has 0 saturated heterocycles. The molecular formula is C17H20NO2+. The van der Waals surface area contributed by atoms with E-state index in [2.05, 4.69) is 26.2 Å². The Morgan fingerprint density at radius 3 is 2.15 bits per heavy atom. The predicted molar refractivity (Wildman–Crippen MR) is 81.6 cm³/mol. The topological polar surface area (TPSA) is 37.3 Å². The van der Waals surface area contributed by atoms with Crippen LogP contribution < -0.4 is 4.48 Å². The Morgan fingerprint density at radius 2 is 1.60 bits per heavy atom. The SMILES string of the molecule is C[N+](C)(Cc1ccc(C(=O)CO)cc1)c1ccccc1. The lowest BCUT2D eigenvalue weighted by Crippen LogP contribution is -2.39. The Labute approximate surface area is 119 Å². The Balaban J connectivity index is 2.15. The van der Waals surface area contributed by atoms with Crippen molar-refractivity contribution >= 4 is 11.5 Å². The third-order valence-electron chi connectivity index (χ3n) is 3.45. The number of quaternary nitrogens is 1. The molecule has 0 aliphatic heterocycles. The van der Waals surface area contributed by atoms with Gasteiger partial charge in [0, 0.05) is 11.1 Å². The molecule has 0 saturated carbocycles. The number of carbonyl (C=O) groups is 1. The predicted octanol–water partition coefficient (Wildman–Crippen LogP) is 2.63. The molecule has 3 heteroatoms. The summed E-state index contributed by atoms with van der Waals surface area (Å²) < 4.78 is 0.744. The first-order chi connectivity index (χ1) is 9.53. The molecular weight excluding hydrogens is 250 g/mol. The van der Waals surface area contributed by atoms with Crippen molar-refractivity contribution in [3.05, 3.63) is 65.7 Å². The quantitative estimate of drug-likeness (QED) is 0.670. The Kier molecular flexibility index (Phi) is 4.32. The van der Waals surface area contributed by atoms with Gasteiger partial charge < -0.3 is 5.11 Å². The zero-order valence-electron chi connectivity index (χ0n) is 11.9. The first kappa shape index (κ1) is 14.4. The first-order valence-corrected chi connectivity index (χ1v) is 6.64. The largest absolute Gasteiger partial charge is 0.388 e. The monoisotopic (exact) mass is 270 g/mol. The highest BCUT2D eigenvalue weighted by Crippen LogP contribution is 2.21. The normalized spacial score (nSPS) is 11.3. The van der Waals surface area contributed by atoms with Gasteiger partial charge in [-0.1, -0.05) is 42.5 Å². The van der Waals surface area contributed by atoms with Crippen LogP contribution in [0.1, 0.15) is 15.9 Å². The van der Waals surface area contributed by atoms with E-state index in [-0.39, 0.29) is 5.78 Å². The summed E-state index contributed by atoms with van der Waals surface area (Å²) in [7, 11) is 4.31. The zero-order chi connectivity index (χ0) is 14.6. The summed E-state index contributed by atoms with van der Waals surface area (Å²) in [5.74, 6) is -0.242. The van der Waals surface area contributed by atoms with Crippen LogP contribution in [0.4, 0.5) is 5.69 Å². The van der Waals surface area contributed by atoms with Gasteiger partial charge in [0.2, 0.25) is 0 Å². The van der Waals surface area contributed by atoms with E-state index in [1.54, 1.807) is 12.1 Å². The maximum Gasteiger partial charge on any atom is 0.188 e. The van der Waals surface area contributed by atoms with Gasteiger partial charge in [0.15, 0.2) is 5.78 Å². The fraction of sp³-hybridized carbons (Fsp3) is 0.235. The molecule has 0 heterocycles. The number of benzene rings is 2. The second kappa shape index (κ2) is 5.99. The van der Waals surface area contributed by atoms with Gasteiger partial charge in [-0.25, -0.2) is 0 Å². The van der Waals surface area contributed by atoms with Crippen molar-refractivity contribution in [2.24, 2.45) is 0 Å². The molecule has 2 aromatic rings. The number of para-hydroxylation sites is 1. The molecule has 0 unspecified atom stereocenters. The van der Waals surface area contributed by atoms with Gasteiger partial charge in [-0.15, -0.1) is 0 Å². The molecule has 0 fully saturated rings. The lowest BCUT2D eigenvalue weighted by Gasteiger charge is -2.29. The molecule has 0 atom stereocenters. The molecule has 2 aromatic carbocycles. The number of hydrogen-bond acceptors (Lipinski definition) is 2. The standard InChI is InChI=1S/C17H20NO2/c1-18(2,16-6-4-3-5-7-16)12-14-8-10-15(11-9-14)17(20)13-19/h3-11,19H,12-13H2,1-2H3/q+1. The minimum absolute atomic E-state index is 0.242. The maximum atomic E-state index is 11.4. The van der Waals surface area contributed by atoms with Gasteiger partial charge in [-0.3, -0.25) is 9.28 Å². The van der Waals surface area contributed by atoms with Gasteiger partial charge >= 0.3 is 0 Å². The van der Waals surface area contributed by atoms with Gasteiger partial charge in [0.05, 0.1) is 14.1 Å². The molecule has 0 radical (unpaired) electrons. The van der Waals surface area contributed by atoms with Crippen molar-refractivity contribution in [3.8, 4) is 0 Å². The second-order valence-corrected chi connectivity index (χ2v) is 5.46. The van der Waals surface area contributed by atoms with E-state index in [9.17, 15) is 4.79 Å². The maximum absolute atomic E-state index is 11.4. The average Bonchev–Trinajstić information content (AvgIpc) is 2.48. The van der Waals surface area contributed by atoms with Crippen LogP contribution in [-0.2, 0) is 6.54 Å². The highest BCUT2D eigenvalue weighted by atomic mass is 16.3. The van der Waals surface area contributed by atoms with Crippen molar-refractivity contribution < 1.29 is 9.90 Å². The van der Waals surface area contributed by atoms with Crippen LogP contribution in [0.15, 0.2) is 54.6 Å². The molecule has 2 rings (SSSR count). The average molecular weight is 270 g/mol. The first-order valence-electron chi connectivity index (χ1n) is 6.64. The molecule has 3 nitrogen and oxygen atoms in total. The summed E-state index contributed by atoms with van der Waals surface area (Å²) in [5, 5.41) is 8.84. The third kappa shape index (κ3) is 3.32. The van der Waals surface area contributed by atoms with E-state index < -0.39 is 6.61 Å². The van der Waals surface area contributed by atoms with Crippen molar-refractivity contribution in [3.63, 3.8) is 0 Å². The van der Waals surface area contributed by atoms with Gasteiger partial charge in [0.25, 0.3) is 0 Å². The number of nitrogens with zero attached hydrogens (tertiary/aromatic N) is 1. The minimum atomic E-state index is -0.440. The van der Waals surface area contributed by atoms with Crippen molar-refractivity contribution in [2.75, 3.05) is 20.7 Å². The van der Waals surface area contributed by atoms with Crippen molar-refractivity contribution in [1.82, 2.24) is 4.48 Å². The molecule has 0 aromatic heterocycles. The van der Waals surface area contributed by atoms with E-state index >= 15 is 0 Å². The van der Waals surface area contributed by atoms with E-state index in [1.165, 1.54) is 5.69 Å². The molecule has 1 N–H and O–H groups in total. The van der Waals surface area contributed by atoms with Crippen LogP contribution in [0.3, 0.4) is 0 Å². The second-order valence-electron chi connectivity index (χ2n) is 5.46. The van der Waals surface area contributed by atoms with Crippen LogP contribution >= 0.6 is 0 Å². The van der Waals surface area contributed by atoms with E-state index in [0.29, 0.717) is 5.56 Å². The molecule has 0 aliphatic carbocycles. The number of aliphatic hydroxyl groups excluding tert-OH is 1. The van der Waals surface area contributed by atoms with Crippen LogP contribution in [0, 0.1) is 0 Å². The highest BCUT2D eigenvalue weighted by molar-refractivity contribution is 5.96. The number of ketones is 1. The third-order valence-corrected chi connectivity index (χ3v) is 3.45. The summed E-state index contributed by atoms with van der Waals surface area (Å²) >= 11 is 0. The van der Waals surface area contributed by atoms with Crippen LogP contribution in [0.5, 0.6) is 0 Å². The number of rotatable bonds is 5. The number of Topliss-reactive ketones (excluding diaryl/α,β-unsaturated/α-hetero) is 1. The van der Waals surface area contributed by atoms with Crippen LogP contribution in [-0.4, -0.2) is 31.6 Å². The number of aliphatic hydroxyl groups is 1. The fourth-order valence-corrected chi connectivity index (χ4v) is 2.27. The Hall–Kier alpha value is -1.97. The molecule has 20 heavy (non-hydrogen) atoms. The summed E-state index contributed by atoms with van der Waals surface area (Å²) in [4.78, 5) is 11.4.